The van der Waals surface area contributed by atoms with Gasteiger partial charge in [-0.1, -0.05) is 6.58 Å². The van der Waals surface area contributed by atoms with Gasteiger partial charge in [0.1, 0.15) is 29.4 Å². The van der Waals surface area contributed by atoms with E-state index in [0.29, 0.717) is 41.2 Å². The van der Waals surface area contributed by atoms with Crippen molar-refractivity contribution in [2.45, 2.75) is 25.9 Å². The summed E-state index contributed by atoms with van der Waals surface area (Å²) < 4.78 is 22.8. The zero-order valence-corrected chi connectivity index (χ0v) is 17.9. The van der Waals surface area contributed by atoms with Gasteiger partial charge in [-0.05, 0) is 67.8 Å². The van der Waals surface area contributed by atoms with Crippen molar-refractivity contribution in [3.8, 4) is 22.8 Å². The number of benzene rings is 2. The fourth-order valence-electron chi connectivity index (χ4n) is 3.64. The third-order valence-electron chi connectivity index (χ3n) is 5.24. The molecule has 2 aromatic carbocycles. The first-order valence-electron chi connectivity index (χ1n) is 10.4. The maximum atomic E-state index is 13.3. The largest absolute Gasteiger partial charge is 0.497 e. The summed E-state index contributed by atoms with van der Waals surface area (Å²) in [6, 6.07) is 13.0. The van der Waals surface area contributed by atoms with Crippen LogP contribution in [0.25, 0.3) is 22.3 Å². The van der Waals surface area contributed by atoms with Gasteiger partial charge in [0.2, 0.25) is 0 Å². The molecule has 6 heteroatoms. The Labute approximate surface area is 181 Å². The molecule has 1 aliphatic heterocycles. The van der Waals surface area contributed by atoms with Gasteiger partial charge in [-0.15, -0.1) is 0 Å². The van der Waals surface area contributed by atoms with Gasteiger partial charge in [-0.3, -0.25) is 4.79 Å². The zero-order chi connectivity index (χ0) is 21.8. The Kier molecular flexibility index (Phi) is 6.28. The van der Waals surface area contributed by atoms with Crippen LogP contribution in [0.5, 0.6) is 11.5 Å². The summed E-state index contributed by atoms with van der Waals surface area (Å²) in [5, 5.41) is 3.72. The minimum atomic E-state index is -0.197. The molecular weight excluding hydrogens is 394 g/mol. The highest BCUT2D eigenvalue weighted by Crippen LogP contribution is 2.36. The van der Waals surface area contributed by atoms with Gasteiger partial charge in [0.25, 0.3) is 5.91 Å². The van der Waals surface area contributed by atoms with Crippen molar-refractivity contribution in [2.75, 3.05) is 26.9 Å². The molecule has 3 aromatic rings. The summed E-state index contributed by atoms with van der Waals surface area (Å²) in [7, 11) is 1.62. The molecule has 0 spiro atoms. The second kappa shape index (κ2) is 9.27. The van der Waals surface area contributed by atoms with Gasteiger partial charge in [0.15, 0.2) is 0 Å². The summed E-state index contributed by atoms with van der Waals surface area (Å²) in [5.41, 5.74) is 2.82. The molecule has 31 heavy (non-hydrogen) atoms. The molecule has 1 unspecified atom stereocenters. The number of nitrogens with one attached hydrogen (secondary N) is 1. The molecule has 0 bridgehead atoms. The molecule has 0 aliphatic carbocycles. The lowest BCUT2D eigenvalue weighted by molar-refractivity contribution is 0.0859. The molecule has 1 aliphatic rings. The molecule has 6 nitrogen and oxygen atoms in total. The quantitative estimate of drug-likeness (QED) is 0.520. The van der Waals surface area contributed by atoms with E-state index in [1.807, 2.05) is 49.4 Å². The van der Waals surface area contributed by atoms with E-state index in [9.17, 15) is 4.79 Å². The van der Waals surface area contributed by atoms with Crippen molar-refractivity contribution < 1.29 is 23.4 Å². The van der Waals surface area contributed by atoms with Crippen LogP contribution in [0, 0.1) is 0 Å². The Morgan fingerprint density at radius 2 is 1.97 bits per heavy atom. The number of furan rings is 1. The maximum Gasteiger partial charge on any atom is 0.255 e. The molecule has 0 saturated carbocycles. The first-order chi connectivity index (χ1) is 15.0. The third kappa shape index (κ3) is 4.75. The Morgan fingerprint density at radius 1 is 1.19 bits per heavy atom. The lowest BCUT2D eigenvalue weighted by Gasteiger charge is -2.11. The lowest BCUT2D eigenvalue weighted by Crippen LogP contribution is -2.31. The Bertz CT molecular complexity index is 1080. The molecule has 1 atom stereocenters. The van der Waals surface area contributed by atoms with E-state index in [-0.39, 0.29) is 12.0 Å². The number of fused-ring (bicyclic) bond motifs is 1. The van der Waals surface area contributed by atoms with E-state index in [0.717, 1.165) is 36.3 Å². The van der Waals surface area contributed by atoms with E-state index in [1.165, 1.54) is 0 Å². The van der Waals surface area contributed by atoms with Crippen LogP contribution in [0.1, 0.15) is 30.1 Å². The number of carbonyl (C=O) groups excluding carboxylic acids is 1. The normalized spacial score (nSPS) is 15.7. The van der Waals surface area contributed by atoms with E-state index in [4.69, 9.17) is 18.6 Å². The molecule has 1 fully saturated rings. The smallest absolute Gasteiger partial charge is 0.255 e. The number of ether oxygens (including phenoxy) is 3. The van der Waals surface area contributed by atoms with Crippen LogP contribution in [-0.4, -0.2) is 38.9 Å². The minimum Gasteiger partial charge on any atom is -0.497 e. The number of rotatable bonds is 8. The first-order valence-corrected chi connectivity index (χ1v) is 10.4. The van der Waals surface area contributed by atoms with Crippen LogP contribution in [-0.2, 0) is 4.74 Å². The SMILES string of the molecule is C=C(C)COc1ccc2oc(-c3ccc(OC)cc3)c(C(=O)NCC3CCCO3)c2c1. The first kappa shape index (κ1) is 21.0. The Balaban J connectivity index is 1.72. The third-order valence-corrected chi connectivity index (χ3v) is 5.24. The van der Waals surface area contributed by atoms with Crippen molar-refractivity contribution in [1.29, 1.82) is 0 Å². The second-order valence-electron chi connectivity index (χ2n) is 7.78. The van der Waals surface area contributed by atoms with Crippen molar-refractivity contribution >= 4 is 16.9 Å². The topological polar surface area (TPSA) is 69.9 Å². The fourth-order valence-corrected chi connectivity index (χ4v) is 3.64. The monoisotopic (exact) mass is 421 g/mol. The van der Waals surface area contributed by atoms with Crippen molar-refractivity contribution in [1.82, 2.24) is 5.32 Å². The highest BCUT2D eigenvalue weighted by Gasteiger charge is 2.24. The zero-order valence-electron chi connectivity index (χ0n) is 17.9. The average Bonchev–Trinajstić information content (AvgIpc) is 3.43. The predicted octanol–water partition coefficient (Wildman–Crippen LogP) is 4.97. The highest BCUT2D eigenvalue weighted by atomic mass is 16.5. The van der Waals surface area contributed by atoms with Gasteiger partial charge in [0.05, 0.1) is 18.8 Å². The summed E-state index contributed by atoms with van der Waals surface area (Å²) in [5.74, 6) is 1.71. The van der Waals surface area contributed by atoms with Gasteiger partial charge in [-0.2, -0.15) is 0 Å². The summed E-state index contributed by atoms with van der Waals surface area (Å²) in [6.07, 6.45) is 2.04. The second-order valence-corrected chi connectivity index (χ2v) is 7.78. The van der Waals surface area contributed by atoms with Crippen molar-refractivity contribution in [3.05, 3.63) is 60.2 Å². The molecule has 1 aromatic heterocycles. The highest BCUT2D eigenvalue weighted by molar-refractivity contribution is 6.11. The predicted molar refractivity (Wildman–Crippen MR) is 120 cm³/mol. The van der Waals surface area contributed by atoms with Crippen LogP contribution in [0.2, 0.25) is 0 Å². The van der Waals surface area contributed by atoms with E-state index in [1.54, 1.807) is 7.11 Å². The van der Waals surface area contributed by atoms with Crippen LogP contribution < -0.4 is 14.8 Å². The lowest BCUT2D eigenvalue weighted by atomic mass is 10.0. The van der Waals surface area contributed by atoms with Gasteiger partial charge in [0, 0.05) is 24.1 Å². The van der Waals surface area contributed by atoms with E-state index in [2.05, 4.69) is 11.9 Å². The fraction of sp³-hybridized carbons (Fsp3) is 0.320. The van der Waals surface area contributed by atoms with Gasteiger partial charge < -0.3 is 23.9 Å². The Morgan fingerprint density at radius 3 is 2.65 bits per heavy atom. The molecule has 1 saturated heterocycles. The molecule has 1 N–H and O–H groups in total. The minimum absolute atomic E-state index is 0.0565. The number of hydrogen-bond donors (Lipinski definition) is 1. The van der Waals surface area contributed by atoms with E-state index >= 15 is 0 Å². The molecule has 1 amide bonds. The average molecular weight is 421 g/mol. The van der Waals surface area contributed by atoms with E-state index < -0.39 is 0 Å². The molecule has 0 radical (unpaired) electrons. The number of amides is 1. The van der Waals surface area contributed by atoms with Crippen LogP contribution >= 0.6 is 0 Å². The number of methoxy groups -OCH3 is 1. The standard InChI is InChI=1S/C25H27NO5/c1-16(2)15-30-19-10-11-22-21(13-19)23(25(27)26-14-20-5-4-12-29-20)24(31-22)17-6-8-18(28-3)9-7-17/h6-11,13,20H,1,4-5,12,14-15H2,2-3H3,(H,26,27). The summed E-state index contributed by atoms with van der Waals surface area (Å²) in [4.78, 5) is 13.3. The summed E-state index contributed by atoms with van der Waals surface area (Å²) >= 11 is 0. The molecule has 4 rings (SSSR count). The molecule has 162 valence electrons. The van der Waals surface area contributed by atoms with Crippen LogP contribution in [0.15, 0.2) is 59.0 Å². The summed E-state index contributed by atoms with van der Waals surface area (Å²) in [6.45, 7) is 7.40. The van der Waals surface area contributed by atoms with Crippen molar-refractivity contribution in [3.63, 3.8) is 0 Å². The van der Waals surface area contributed by atoms with Crippen LogP contribution in [0.3, 0.4) is 0 Å². The Hall–Kier alpha value is -3.25. The molecule has 2 heterocycles. The maximum absolute atomic E-state index is 13.3. The molecular formula is C25H27NO5. The van der Waals surface area contributed by atoms with Crippen LogP contribution in [0.4, 0.5) is 0 Å². The van der Waals surface area contributed by atoms with Gasteiger partial charge in [-0.25, -0.2) is 0 Å². The van der Waals surface area contributed by atoms with Crippen molar-refractivity contribution in [2.24, 2.45) is 0 Å². The number of hydrogen-bond acceptors (Lipinski definition) is 5. The number of carbonyl (C=O) groups is 1. The van der Waals surface area contributed by atoms with Gasteiger partial charge >= 0.3 is 0 Å².